The number of carbonyl (C=O) groups is 1. The summed E-state index contributed by atoms with van der Waals surface area (Å²) in [5.74, 6) is 1.14. The van der Waals surface area contributed by atoms with E-state index in [9.17, 15) is 13.2 Å². The third-order valence-corrected chi connectivity index (χ3v) is 8.27. The molecule has 0 atom stereocenters. The zero-order valence-electron chi connectivity index (χ0n) is 22.7. The van der Waals surface area contributed by atoms with E-state index in [1.165, 1.54) is 11.2 Å². The molecule has 0 amide bonds. The Bertz CT molecular complexity index is 1610. The number of oxazole rings is 1. The molecule has 0 unspecified atom stereocenters. The summed E-state index contributed by atoms with van der Waals surface area (Å²) in [5, 5.41) is 0. The Morgan fingerprint density at radius 1 is 1.05 bits per heavy atom. The fourth-order valence-electron chi connectivity index (χ4n) is 4.59. The van der Waals surface area contributed by atoms with Crippen LogP contribution in [-0.4, -0.2) is 37.0 Å². The number of carbonyl (C=O) groups excluding carboxylic acids is 1. The smallest absolute Gasteiger partial charge is 0.335 e. The Labute approximate surface area is 234 Å². The second kappa shape index (κ2) is 11.5. The molecular formula is C30H31N3O6S. The molecular weight excluding hydrogens is 530 g/mol. The molecule has 0 saturated heterocycles. The predicted octanol–water partition coefficient (Wildman–Crippen LogP) is 5.17. The third kappa shape index (κ3) is 6.03. The van der Waals surface area contributed by atoms with Gasteiger partial charge >= 0.3 is 16.2 Å². The number of nitrogens with zero attached hydrogens (tertiary/aromatic N) is 3. The lowest BCUT2D eigenvalue weighted by molar-refractivity contribution is -0.168. The zero-order valence-corrected chi connectivity index (χ0v) is 23.5. The van der Waals surface area contributed by atoms with Gasteiger partial charge in [0, 0.05) is 25.5 Å². The molecule has 4 aromatic rings. The van der Waals surface area contributed by atoms with Crippen molar-refractivity contribution >= 4 is 21.9 Å². The SMILES string of the molecule is CC(=O)ON(Cc1cccc(OCCc2nc(-c3ccc(C)cc3)oc2C)c1)S(=O)(=O)N1CCc2ccccc21. The van der Waals surface area contributed by atoms with Crippen LogP contribution in [0.1, 0.15) is 35.1 Å². The molecule has 0 aliphatic carbocycles. The number of hydroxylamine groups is 1. The summed E-state index contributed by atoms with van der Waals surface area (Å²) in [4.78, 5) is 21.7. The maximum absolute atomic E-state index is 13.5. The van der Waals surface area contributed by atoms with Gasteiger partial charge in [-0.3, -0.25) is 9.10 Å². The topological polar surface area (TPSA) is 102 Å². The first-order valence-corrected chi connectivity index (χ1v) is 14.4. The maximum atomic E-state index is 13.5. The van der Waals surface area contributed by atoms with E-state index in [0.29, 0.717) is 42.3 Å². The van der Waals surface area contributed by atoms with Gasteiger partial charge in [0.1, 0.15) is 11.5 Å². The highest BCUT2D eigenvalue weighted by Crippen LogP contribution is 2.32. The summed E-state index contributed by atoms with van der Waals surface area (Å²) >= 11 is 0. The summed E-state index contributed by atoms with van der Waals surface area (Å²) in [6.07, 6.45) is 1.12. The van der Waals surface area contributed by atoms with Gasteiger partial charge in [0.2, 0.25) is 5.89 Å². The van der Waals surface area contributed by atoms with Crippen molar-refractivity contribution in [1.82, 2.24) is 9.45 Å². The number of anilines is 1. The van der Waals surface area contributed by atoms with Crippen LogP contribution in [-0.2, 0) is 39.2 Å². The van der Waals surface area contributed by atoms with Crippen LogP contribution in [0.5, 0.6) is 5.75 Å². The summed E-state index contributed by atoms with van der Waals surface area (Å²) < 4.78 is 40.9. The van der Waals surface area contributed by atoms with Crippen LogP contribution >= 0.6 is 0 Å². The Kier molecular flexibility index (Phi) is 7.90. The second-order valence-corrected chi connectivity index (χ2v) is 11.4. The lowest BCUT2D eigenvalue weighted by atomic mass is 10.1. The Balaban J connectivity index is 1.26. The van der Waals surface area contributed by atoms with E-state index in [2.05, 4.69) is 4.98 Å². The number of aryl methyl sites for hydroxylation is 2. The number of rotatable bonds is 10. The second-order valence-electron chi connectivity index (χ2n) is 9.64. The zero-order chi connectivity index (χ0) is 28.3. The fourth-order valence-corrected chi connectivity index (χ4v) is 6.07. The average Bonchev–Trinajstić information content (AvgIpc) is 3.53. The number of ether oxygens (including phenoxy) is 1. The van der Waals surface area contributed by atoms with Crippen molar-refractivity contribution in [3.8, 4) is 17.2 Å². The molecule has 0 N–H and O–H groups in total. The highest BCUT2D eigenvalue weighted by Gasteiger charge is 2.36. The highest BCUT2D eigenvalue weighted by atomic mass is 32.2. The van der Waals surface area contributed by atoms with Gasteiger partial charge in [0.25, 0.3) is 0 Å². The van der Waals surface area contributed by atoms with Crippen LogP contribution < -0.4 is 9.04 Å². The average molecular weight is 562 g/mol. The summed E-state index contributed by atoms with van der Waals surface area (Å²) in [6.45, 7) is 5.54. The van der Waals surface area contributed by atoms with Gasteiger partial charge in [-0.05, 0) is 66.2 Å². The molecule has 0 fully saturated rings. The first kappa shape index (κ1) is 27.4. The molecule has 0 saturated carbocycles. The molecule has 2 heterocycles. The van der Waals surface area contributed by atoms with Crippen LogP contribution in [0.3, 0.4) is 0 Å². The molecule has 5 rings (SSSR count). The monoisotopic (exact) mass is 561 g/mol. The van der Waals surface area contributed by atoms with Crippen LogP contribution in [0, 0.1) is 13.8 Å². The van der Waals surface area contributed by atoms with Crippen molar-refractivity contribution in [2.45, 2.75) is 40.2 Å². The van der Waals surface area contributed by atoms with Gasteiger partial charge < -0.3 is 14.0 Å². The van der Waals surface area contributed by atoms with Crippen molar-refractivity contribution in [3.05, 3.63) is 101 Å². The molecule has 9 nitrogen and oxygen atoms in total. The van der Waals surface area contributed by atoms with E-state index in [4.69, 9.17) is 14.0 Å². The van der Waals surface area contributed by atoms with Crippen LogP contribution in [0.25, 0.3) is 11.5 Å². The maximum Gasteiger partial charge on any atom is 0.335 e. The van der Waals surface area contributed by atoms with E-state index in [-0.39, 0.29) is 13.1 Å². The summed E-state index contributed by atoms with van der Waals surface area (Å²) in [5.41, 5.74) is 5.01. The van der Waals surface area contributed by atoms with Crippen molar-refractivity contribution in [2.24, 2.45) is 0 Å². The molecule has 0 spiro atoms. The number of hydrogen-bond acceptors (Lipinski definition) is 7. The minimum Gasteiger partial charge on any atom is -0.493 e. The highest BCUT2D eigenvalue weighted by molar-refractivity contribution is 7.90. The van der Waals surface area contributed by atoms with Gasteiger partial charge in [-0.15, -0.1) is 0 Å². The number of aromatic nitrogens is 1. The lowest BCUT2D eigenvalue weighted by Gasteiger charge is -2.27. The first-order chi connectivity index (χ1) is 19.2. The summed E-state index contributed by atoms with van der Waals surface area (Å²) in [6, 6.07) is 22.3. The molecule has 1 aromatic heterocycles. The van der Waals surface area contributed by atoms with Gasteiger partial charge in [0.05, 0.1) is 24.5 Å². The number of fused-ring (bicyclic) bond motifs is 1. The standard InChI is InChI=1S/C30H31N3O6S/c1-21-11-13-26(14-12-21)30-31-28(22(2)38-30)16-18-37-27-9-6-7-24(19-27)20-33(39-23(3)34)40(35,36)32-17-15-25-8-4-5-10-29(25)32/h4-14,19H,15-18,20H2,1-3H3. The van der Waals surface area contributed by atoms with Crippen molar-refractivity contribution in [3.63, 3.8) is 0 Å². The number of benzene rings is 3. The molecule has 1 aliphatic heterocycles. The van der Waals surface area contributed by atoms with E-state index in [0.717, 1.165) is 32.6 Å². The first-order valence-electron chi connectivity index (χ1n) is 13.0. The minimum atomic E-state index is -4.14. The fraction of sp³-hybridized carbons (Fsp3) is 0.267. The Morgan fingerprint density at radius 2 is 1.82 bits per heavy atom. The summed E-state index contributed by atoms with van der Waals surface area (Å²) in [7, 11) is -4.14. The largest absolute Gasteiger partial charge is 0.493 e. The molecule has 1 aliphatic rings. The molecule has 40 heavy (non-hydrogen) atoms. The molecule has 3 aromatic carbocycles. The van der Waals surface area contributed by atoms with E-state index >= 15 is 0 Å². The molecule has 208 valence electrons. The molecule has 10 heteroatoms. The quantitative estimate of drug-likeness (QED) is 0.246. The van der Waals surface area contributed by atoms with Crippen molar-refractivity contribution < 1.29 is 27.2 Å². The normalized spacial score (nSPS) is 12.9. The number of para-hydroxylation sites is 1. The minimum absolute atomic E-state index is 0.167. The Hall–Kier alpha value is -4.15. The van der Waals surface area contributed by atoms with E-state index < -0.39 is 16.2 Å². The number of hydrogen-bond donors (Lipinski definition) is 0. The van der Waals surface area contributed by atoms with Gasteiger partial charge in [-0.1, -0.05) is 48.0 Å². The predicted molar refractivity (Wildman–Crippen MR) is 151 cm³/mol. The van der Waals surface area contributed by atoms with E-state index in [1.807, 2.05) is 50.2 Å². The molecule has 0 radical (unpaired) electrons. The van der Waals surface area contributed by atoms with Crippen molar-refractivity contribution in [2.75, 3.05) is 17.5 Å². The van der Waals surface area contributed by atoms with Crippen LogP contribution in [0.15, 0.2) is 77.2 Å². The van der Waals surface area contributed by atoms with E-state index in [1.54, 1.807) is 36.4 Å². The van der Waals surface area contributed by atoms with Crippen molar-refractivity contribution in [1.29, 1.82) is 0 Å². The third-order valence-electron chi connectivity index (χ3n) is 6.62. The van der Waals surface area contributed by atoms with Crippen LogP contribution in [0.4, 0.5) is 5.69 Å². The lowest BCUT2D eigenvalue weighted by Crippen LogP contribution is -2.43. The van der Waals surface area contributed by atoms with Gasteiger partial charge in [0.15, 0.2) is 0 Å². The molecule has 0 bridgehead atoms. The van der Waals surface area contributed by atoms with Gasteiger partial charge in [-0.2, -0.15) is 8.42 Å². The van der Waals surface area contributed by atoms with Crippen LogP contribution in [0.2, 0.25) is 0 Å². The van der Waals surface area contributed by atoms with Gasteiger partial charge in [-0.25, -0.2) is 4.98 Å². The Morgan fingerprint density at radius 3 is 2.60 bits per heavy atom.